The van der Waals surface area contributed by atoms with Crippen molar-refractivity contribution in [3.05, 3.63) is 24.3 Å². The van der Waals surface area contributed by atoms with Crippen LogP contribution in [0.1, 0.15) is 0 Å². The van der Waals surface area contributed by atoms with Crippen LogP contribution in [0.4, 0.5) is 18.9 Å². The molecular formula is C7H5F3NO. The molecule has 12 heavy (non-hydrogen) atoms. The van der Waals surface area contributed by atoms with Crippen molar-refractivity contribution in [1.29, 1.82) is 0 Å². The second-order valence-electron chi connectivity index (χ2n) is 2.03. The van der Waals surface area contributed by atoms with E-state index < -0.39 is 6.36 Å². The van der Waals surface area contributed by atoms with Gasteiger partial charge in [-0.05, 0) is 18.2 Å². The first-order valence-corrected chi connectivity index (χ1v) is 3.00. The molecule has 0 saturated heterocycles. The van der Waals surface area contributed by atoms with Gasteiger partial charge in [0.25, 0.3) is 0 Å². The number of anilines is 1. The van der Waals surface area contributed by atoms with Gasteiger partial charge < -0.3 is 10.5 Å². The molecule has 65 valence electrons. The van der Waals surface area contributed by atoms with Gasteiger partial charge in [-0.25, -0.2) is 0 Å². The van der Waals surface area contributed by atoms with Crippen molar-refractivity contribution in [2.45, 2.75) is 6.36 Å². The van der Waals surface area contributed by atoms with E-state index in [4.69, 9.17) is 5.73 Å². The van der Waals surface area contributed by atoms with Gasteiger partial charge in [0, 0.05) is 11.8 Å². The zero-order chi connectivity index (χ0) is 9.19. The Morgan fingerprint density at radius 2 is 2.00 bits per heavy atom. The Kier molecular flexibility index (Phi) is 2.12. The third-order valence-corrected chi connectivity index (χ3v) is 1.04. The molecule has 0 aliphatic rings. The maximum atomic E-state index is 11.6. The molecule has 1 radical (unpaired) electrons. The van der Waals surface area contributed by atoms with Crippen molar-refractivity contribution in [2.75, 3.05) is 5.73 Å². The molecular weight excluding hydrogens is 171 g/mol. The normalized spacial score (nSPS) is 11.2. The number of nitrogens with two attached hydrogens (primary N) is 1. The van der Waals surface area contributed by atoms with Crippen molar-refractivity contribution in [2.24, 2.45) is 0 Å². The Labute approximate surface area is 66.7 Å². The second kappa shape index (κ2) is 2.92. The first kappa shape index (κ1) is 8.70. The van der Waals surface area contributed by atoms with Gasteiger partial charge in [0.2, 0.25) is 0 Å². The summed E-state index contributed by atoms with van der Waals surface area (Å²) in [5.74, 6) is -0.322. The van der Waals surface area contributed by atoms with Crippen LogP contribution in [0.5, 0.6) is 5.75 Å². The fraction of sp³-hybridized carbons (Fsp3) is 0.143. The van der Waals surface area contributed by atoms with Crippen LogP contribution in [0.2, 0.25) is 0 Å². The molecule has 1 aromatic carbocycles. The summed E-state index contributed by atoms with van der Waals surface area (Å²) in [6.07, 6.45) is -4.66. The molecule has 0 spiro atoms. The zero-order valence-corrected chi connectivity index (χ0v) is 5.85. The fourth-order valence-electron chi connectivity index (χ4n) is 0.620. The topological polar surface area (TPSA) is 35.2 Å². The smallest absolute Gasteiger partial charge is 0.406 e. The van der Waals surface area contributed by atoms with Crippen LogP contribution in [0, 0.1) is 6.07 Å². The number of alkyl halides is 3. The van der Waals surface area contributed by atoms with Crippen molar-refractivity contribution < 1.29 is 17.9 Å². The van der Waals surface area contributed by atoms with Crippen LogP contribution >= 0.6 is 0 Å². The Hall–Kier alpha value is -1.39. The number of halogens is 3. The predicted octanol–water partition coefficient (Wildman–Crippen LogP) is 1.97. The number of nitrogen functional groups attached to an aromatic ring is 1. The third kappa shape index (κ3) is 2.69. The highest BCUT2D eigenvalue weighted by Gasteiger charge is 2.30. The molecule has 2 N–H and O–H groups in total. The number of ether oxygens (including phenoxy) is 1. The van der Waals surface area contributed by atoms with Crippen molar-refractivity contribution in [3.63, 3.8) is 0 Å². The van der Waals surface area contributed by atoms with Gasteiger partial charge in [-0.1, -0.05) is 0 Å². The van der Waals surface area contributed by atoms with E-state index in [-0.39, 0.29) is 11.4 Å². The average molecular weight is 176 g/mol. The van der Waals surface area contributed by atoms with Crippen LogP contribution in [0.3, 0.4) is 0 Å². The molecule has 0 aliphatic carbocycles. The van der Waals surface area contributed by atoms with Crippen LogP contribution < -0.4 is 10.5 Å². The molecule has 0 bridgehead atoms. The summed E-state index contributed by atoms with van der Waals surface area (Å²) in [6.45, 7) is 0. The summed E-state index contributed by atoms with van der Waals surface area (Å²) in [6, 6.07) is 5.81. The summed E-state index contributed by atoms with van der Waals surface area (Å²) < 4.78 is 38.3. The van der Waals surface area contributed by atoms with Crippen molar-refractivity contribution >= 4 is 5.69 Å². The second-order valence-corrected chi connectivity index (χ2v) is 2.03. The van der Waals surface area contributed by atoms with Crippen LogP contribution in [-0.4, -0.2) is 6.36 Å². The van der Waals surface area contributed by atoms with Gasteiger partial charge in [-0.3, -0.25) is 0 Å². The Bertz CT molecular complexity index is 254. The molecule has 0 atom stereocenters. The maximum Gasteiger partial charge on any atom is 0.573 e. The van der Waals surface area contributed by atoms with Crippen molar-refractivity contribution in [1.82, 2.24) is 0 Å². The SMILES string of the molecule is Nc1[c]cc(OC(F)(F)F)cc1. The van der Waals surface area contributed by atoms with Crippen LogP contribution in [-0.2, 0) is 0 Å². The highest BCUT2D eigenvalue weighted by Crippen LogP contribution is 2.22. The Morgan fingerprint density at radius 3 is 2.42 bits per heavy atom. The molecule has 1 rings (SSSR count). The van der Waals surface area contributed by atoms with E-state index in [1.807, 2.05) is 0 Å². The van der Waals surface area contributed by atoms with Crippen LogP contribution in [0.25, 0.3) is 0 Å². The summed E-state index contributed by atoms with van der Waals surface area (Å²) in [5.41, 5.74) is 5.47. The van der Waals surface area contributed by atoms with E-state index in [0.717, 1.165) is 12.1 Å². The Balaban J connectivity index is 2.71. The molecule has 1 aromatic rings. The monoisotopic (exact) mass is 176 g/mol. The molecule has 5 heteroatoms. The lowest BCUT2D eigenvalue weighted by molar-refractivity contribution is -0.274. The maximum absolute atomic E-state index is 11.6. The van der Waals surface area contributed by atoms with E-state index in [1.54, 1.807) is 0 Å². The lowest BCUT2D eigenvalue weighted by Gasteiger charge is -2.07. The quantitative estimate of drug-likeness (QED) is 0.664. The molecule has 0 amide bonds. The first-order valence-electron chi connectivity index (χ1n) is 3.00. The molecule has 0 aliphatic heterocycles. The minimum atomic E-state index is -4.66. The molecule has 0 saturated carbocycles. The van der Waals surface area contributed by atoms with Gasteiger partial charge in [-0.2, -0.15) is 0 Å². The fourth-order valence-corrected chi connectivity index (χ4v) is 0.620. The highest BCUT2D eigenvalue weighted by atomic mass is 19.4. The Morgan fingerprint density at radius 1 is 1.33 bits per heavy atom. The van der Waals surface area contributed by atoms with Crippen molar-refractivity contribution in [3.8, 4) is 5.75 Å². The average Bonchev–Trinajstić information content (AvgIpc) is 1.91. The van der Waals surface area contributed by atoms with Gasteiger partial charge >= 0.3 is 6.36 Å². The van der Waals surface area contributed by atoms with Gasteiger partial charge in [0.1, 0.15) is 5.75 Å². The number of hydrogen-bond acceptors (Lipinski definition) is 2. The molecule has 0 unspecified atom stereocenters. The van der Waals surface area contributed by atoms with Gasteiger partial charge in [0.15, 0.2) is 0 Å². The summed E-state index contributed by atoms with van der Waals surface area (Å²) in [5, 5.41) is 0. The van der Waals surface area contributed by atoms with E-state index >= 15 is 0 Å². The summed E-state index contributed by atoms with van der Waals surface area (Å²) in [4.78, 5) is 0. The zero-order valence-electron chi connectivity index (χ0n) is 5.85. The molecule has 0 fully saturated rings. The minimum Gasteiger partial charge on any atom is -0.406 e. The minimum absolute atomic E-state index is 0.268. The van der Waals surface area contributed by atoms with E-state index in [0.29, 0.717) is 0 Å². The molecule has 0 heterocycles. The molecule has 0 aromatic heterocycles. The van der Waals surface area contributed by atoms with Gasteiger partial charge in [-0.15, -0.1) is 13.2 Å². The van der Waals surface area contributed by atoms with E-state index in [9.17, 15) is 13.2 Å². The number of rotatable bonds is 1. The largest absolute Gasteiger partial charge is 0.573 e. The summed E-state index contributed by atoms with van der Waals surface area (Å²) >= 11 is 0. The first-order chi connectivity index (χ1) is 5.47. The highest BCUT2D eigenvalue weighted by molar-refractivity contribution is 5.40. The van der Waals surface area contributed by atoms with E-state index in [1.165, 1.54) is 6.07 Å². The number of hydrogen-bond donors (Lipinski definition) is 1. The predicted molar refractivity (Wildman–Crippen MR) is 36.4 cm³/mol. The molecule has 2 nitrogen and oxygen atoms in total. The number of benzene rings is 1. The van der Waals surface area contributed by atoms with Crippen LogP contribution in [0.15, 0.2) is 18.2 Å². The lowest BCUT2D eigenvalue weighted by atomic mass is 10.3. The lowest BCUT2D eigenvalue weighted by Crippen LogP contribution is -2.17. The third-order valence-electron chi connectivity index (χ3n) is 1.04. The van der Waals surface area contributed by atoms with E-state index in [2.05, 4.69) is 10.8 Å². The standard InChI is InChI=1S/C7H5F3NO/c8-7(9,10)12-6-3-1-5(11)2-4-6/h1,3-4H,11H2. The van der Waals surface area contributed by atoms with Gasteiger partial charge in [0.05, 0.1) is 0 Å². The summed E-state index contributed by atoms with van der Waals surface area (Å²) in [7, 11) is 0.